The quantitative estimate of drug-likeness (QED) is 0.490. The number of ether oxygens (including phenoxy) is 2. The highest BCUT2D eigenvalue weighted by molar-refractivity contribution is 6.26. The number of pyridine rings is 1. The van der Waals surface area contributed by atoms with Crippen molar-refractivity contribution in [3.8, 4) is 11.9 Å². The Morgan fingerprint density at radius 3 is 2.51 bits per heavy atom. The number of hydrogen-bond acceptors (Lipinski definition) is 7. The summed E-state index contributed by atoms with van der Waals surface area (Å²) in [5.74, 6) is -2.82. The Morgan fingerprint density at radius 1 is 1.13 bits per heavy atom. The molecule has 11 heteroatoms. The van der Waals surface area contributed by atoms with Gasteiger partial charge < -0.3 is 14.6 Å². The molecule has 8 nitrogen and oxygen atoms in total. The van der Waals surface area contributed by atoms with Gasteiger partial charge in [0.15, 0.2) is 0 Å². The molecule has 1 aromatic heterocycles. The first-order valence-electron chi connectivity index (χ1n) is 12.3. The van der Waals surface area contributed by atoms with Gasteiger partial charge in [0.25, 0.3) is 0 Å². The van der Waals surface area contributed by atoms with E-state index < -0.39 is 52.7 Å². The number of rotatable bonds is 5. The molecule has 1 N–H and O–H groups in total. The normalized spacial score (nSPS) is 29.6. The predicted octanol–water partition coefficient (Wildman–Crippen LogP) is 3.99. The number of aliphatic hydroxyl groups excluding tert-OH is 1. The summed E-state index contributed by atoms with van der Waals surface area (Å²) in [5.41, 5.74) is -2.66. The van der Waals surface area contributed by atoms with E-state index in [4.69, 9.17) is 9.47 Å². The molecule has 39 heavy (non-hydrogen) atoms. The third kappa shape index (κ3) is 3.62. The number of amides is 2. The fourth-order valence-corrected chi connectivity index (χ4v) is 6.40. The molecule has 2 amide bonds. The second-order valence-corrected chi connectivity index (χ2v) is 10.3. The number of carbonyl (C=O) groups is 2. The zero-order chi connectivity index (χ0) is 27.7. The van der Waals surface area contributed by atoms with Gasteiger partial charge in [-0.25, -0.2) is 9.88 Å². The Balaban J connectivity index is 1.30. The lowest BCUT2D eigenvalue weighted by molar-refractivity contribution is -0.138. The van der Waals surface area contributed by atoms with E-state index in [-0.39, 0.29) is 25.3 Å². The van der Waals surface area contributed by atoms with Crippen LogP contribution in [0.4, 0.5) is 18.9 Å². The molecule has 0 radical (unpaired) electrons. The van der Waals surface area contributed by atoms with Gasteiger partial charge in [-0.1, -0.05) is 24.3 Å². The second-order valence-electron chi connectivity index (χ2n) is 10.3. The lowest BCUT2D eigenvalue weighted by Crippen LogP contribution is -2.49. The Bertz CT molecular complexity index is 1550. The highest BCUT2D eigenvalue weighted by atomic mass is 19.4. The number of alkyl halides is 3. The molecule has 3 aliphatic rings. The second kappa shape index (κ2) is 8.49. The van der Waals surface area contributed by atoms with Crippen LogP contribution in [0.3, 0.4) is 0 Å². The summed E-state index contributed by atoms with van der Waals surface area (Å²) < 4.78 is 50.3. The Morgan fingerprint density at radius 2 is 1.85 bits per heavy atom. The first-order chi connectivity index (χ1) is 18.5. The zero-order valence-corrected chi connectivity index (χ0v) is 20.6. The lowest BCUT2D eigenvalue weighted by Gasteiger charge is -2.33. The van der Waals surface area contributed by atoms with Crippen molar-refractivity contribution in [3.63, 3.8) is 0 Å². The Kier molecular flexibility index (Phi) is 5.51. The van der Waals surface area contributed by atoms with Crippen LogP contribution in [0.1, 0.15) is 30.9 Å². The number of carbonyl (C=O) groups excluding carboxylic acids is 2. The molecular formula is C28H22F3N3O5. The van der Waals surface area contributed by atoms with Gasteiger partial charge in [0, 0.05) is 35.9 Å². The van der Waals surface area contributed by atoms with Gasteiger partial charge in [-0.15, -0.1) is 0 Å². The predicted molar refractivity (Wildman–Crippen MR) is 130 cm³/mol. The molecule has 2 aromatic carbocycles. The van der Waals surface area contributed by atoms with Gasteiger partial charge >= 0.3 is 6.18 Å². The average molecular weight is 537 g/mol. The number of imide groups is 1. The molecule has 3 aliphatic heterocycles. The lowest BCUT2D eigenvalue weighted by atomic mass is 9.66. The summed E-state index contributed by atoms with van der Waals surface area (Å²) >= 11 is 0. The summed E-state index contributed by atoms with van der Waals surface area (Å²) in [6, 6.07) is 14.2. The zero-order valence-electron chi connectivity index (χ0n) is 20.6. The van der Waals surface area contributed by atoms with Crippen molar-refractivity contribution < 1.29 is 37.3 Å². The number of benzene rings is 2. The number of nitrogens with zero attached hydrogens (tertiary/aromatic N) is 3. The van der Waals surface area contributed by atoms with Crippen molar-refractivity contribution in [1.29, 1.82) is 5.26 Å². The summed E-state index contributed by atoms with van der Waals surface area (Å²) in [7, 11) is 0. The third-order valence-corrected chi connectivity index (χ3v) is 8.22. The molecule has 0 aliphatic carbocycles. The smallest absolute Gasteiger partial charge is 0.417 e. The van der Waals surface area contributed by atoms with E-state index in [0.29, 0.717) is 28.2 Å². The van der Waals surface area contributed by atoms with E-state index >= 15 is 0 Å². The number of aromatic nitrogens is 1. The Hall–Kier alpha value is -4.01. The molecule has 6 rings (SSSR count). The van der Waals surface area contributed by atoms with Crippen molar-refractivity contribution in [3.05, 3.63) is 65.9 Å². The van der Waals surface area contributed by atoms with Crippen LogP contribution in [-0.2, 0) is 20.5 Å². The average Bonchev–Trinajstić information content (AvgIpc) is 3.44. The summed E-state index contributed by atoms with van der Waals surface area (Å²) in [4.78, 5) is 32.6. The fourth-order valence-electron chi connectivity index (χ4n) is 6.40. The Labute approximate surface area is 220 Å². The van der Waals surface area contributed by atoms with Gasteiger partial charge in [0.05, 0.1) is 53.0 Å². The molecule has 3 saturated heterocycles. The molecular weight excluding hydrogens is 515 g/mol. The molecule has 200 valence electrons. The van der Waals surface area contributed by atoms with Crippen LogP contribution in [0.2, 0.25) is 0 Å². The van der Waals surface area contributed by atoms with Crippen molar-refractivity contribution in [2.24, 2.45) is 11.8 Å². The highest BCUT2D eigenvalue weighted by Crippen LogP contribution is 2.62. The van der Waals surface area contributed by atoms with Gasteiger partial charge in [-0.2, -0.15) is 18.4 Å². The van der Waals surface area contributed by atoms with Crippen LogP contribution >= 0.6 is 0 Å². The van der Waals surface area contributed by atoms with E-state index in [1.165, 1.54) is 0 Å². The highest BCUT2D eigenvalue weighted by Gasteiger charge is 2.77. The van der Waals surface area contributed by atoms with Crippen molar-refractivity contribution in [1.82, 2.24) is 4.98 Å². The van der Waals surface area contributed by atoms with E-state index in [0.717, 1.165) is 17.0 Å². The standard InChI is InChI=1S/C28H22F3N3O5/c1-26-20(35)12-27(39-26,10-11-38-21-9-7-16(14-33-21)28(29,30)31)23-22(26)24(36)34(25(23)37)19-8-6-15(13-32)17-4-2-3-5-18(17)19/h2-9,14,20,22-23,35H,10-12H2,1H3/t20-,22-,23+,26-,27+/m1/s1. The van der Waals surface area contributed by atoms with Crippen LogP contribution in [0.5, 0.6) is 5.88 Å². The molecule has 0 spiro atoms. The molecule has 3 fully saturated rings. The van der Waals surface area contributed by atoms with Gasteiger partial charge in [-0.3, -0.25) is 9.59 Å². The fraction of sp³-hybridized carbons (Fsp3) is 0.357. The number of aliphatic hydroxyl groups is 1. The molecule has 0 saturated carbocycles. The molecule has 4 heterocycles. The van der Waals surface area contributed by atoms with Crippen LogP contribution in [0.25, 0.3) is 10.8 Å². The SMILES string of the molecule is C[C@@]12O[C@@](CCOc3ccc(C(F)(F)F)cn3)(C[C@H]1O)[C@@H]1C(=O)N(c3ccc(C#N)c4ccccc34)C(=O)[C@@H]12. The van der Waals surface area contributed by atoms with E-state index in [9.17, 15) is 33.1 Å². The summed E-state index contributed by atoms with van der Waals surface area (Å²) in [5, 5.41) is 21.6. The van der Waals surface area contributed by atoms with E-state index in [1.807, 2.05) is 0 Å². The number of fused-ring (bicyclic) bond motifs is 6. The van der Waals surface area contributed by atoms with Crippen LogP contribution < -0.4 is 9.64 Å². The van der Waals surface area contributed by atoms with Gasteiger partial charge in [-0.05, 0) is 25.1 Å². The van der Waals surface area contributed by atoms with Crippen molar-refractivity contribution in [2.45, 2.75) is 43.2 Å². The maximum absolute atomic E-state index is 13.9. The molecule has 5 atom stereocenters. The minimum atomic E-state index is -4.52. The van der Waals surface area contributed by atoms with Crippen molar-refractivity contribution >= 4 is 28.3 Å². The van der Waals surface area contributed by atoms with Crippen LogP contribution in [0, 0.1) is 23.2 Å². The van der Waals surface area contributed by atoms with E-state index in [1.54, 1.807) is 43.3 Å². The maximum atomic E-state index is 13.9. The van der Waals surface area contributed by atoms with Gasteiger partial charge in [0.1, 0.15) is 5.60 Å². The first-order valence-corrected chi connectivity index (χ1v) is 12.3. The minimum absolute atomic E-state index is 0.0326. The van der Waals surface area contributed by atoms with Crippen LogP contribution in [-0.4, -0.2) is 45.8 Å². The number of hydrogen-bond donors (Lipinski definition) is 1. The third-order valence-electron chi connectivity index (χ3n) is 8.22. The van der Waals surface area contributed by atoms with Gasteiger partial charge in [0.2, 0.25) is 17.7 Å². The van der Waals surface area contributed by atoms with E-state index in [2.05, 4.69) is 11.1 Å². The maximum Gasteiger partial charge on any atom is 0.417 e. The molecule has 2 bridgehead atoms. The van der Waals surface area contributed by atoms with Crippen LogP contribution in [0.15, 0.2) is 54.7 Å². The number of anilines is 1. The number of halogens is 3. The minimum Gasteiger partial charge on any atom is -0.478 e. The summed E-state index contributed by atoms with van der Waals surface area (Å²) in [6.07, 6.45) is -4.67. The molecule has 3 aromatic rings. The molecule has 0 unspecified atom stereocenters. The van der Waals surface area contributed by atoms with Crippen molar-refractivity contribution in [2.75, 3.05) is 11.5 Å². The topological polar surface area (TPSA) is 113 Å². The largest absolute Gasteiger partial charge is 0.478 e. The number of nitriles is 1. The first kappa shape index (κ1) is 25.3. The monoisotopic (exact) mass is 537 g/mol. The summed E-state index contributed by atoms with van der Waals surface area (Å²) in [6.45, 7) is 1.56.